The first-order valence-corrected chi connectivity index (χ1v) is 4.09. The molecule has 5 heteroatoms. The molecule has 0 aliphatic rings. The van der Waals surface area contributed by atoms with Crippen LogP contribution < -0.4 is 0 Å². The van der Waals surface area contributed by atoms with Gasteiger partial charge in [0.2, 0.25) is 5.82 Å². The number of hydrogen-bond acceptors (Lipinski definition) is 4. The van der Waals surface area contributed by atoms with Crippen LogP contribution in [-0.4, -0.2) is 21.5 Å². The van der Waals surface area contributed by atoms with Crippen LogP contribution in [0, 0.1) is 5.82 Å². The molecule has 0 atom stereocenters. The Labute approximate surface area is 81.1 Å². The third kappa shape index (κ3) is 3.08. The van der Waals surface area contributed by atoms with E-state index in [2.05, 4.69) is 9.97 Å². The van der Waals surface area contributed by atoms with Gasteiger partial charge < -0.3 is 4.74 Å². The molecule has 1 heterocycles. The van der Waals surface area contributed by atoms with Crippen LogP contribution in [0.2, 0.25) is 0 Å². The number of carbonyl (C=O) groups is 1. The Morgan fingerprint density at radius 1 is 1.36 bits per heavy atom. The third-order valence-electron chi connectivity index (χ3n) is 1.20. The van der Waals surface area contributed by atoms with Crippen molar-refractivity contribution >= 4 is 5.97 Å². The second-order valence-electron chi connectivity index (χ2n) is 3.73. The summed E-state index contributed by atoms with van der Waals surface area (Å²) < 4.78 is 17.4. The van der Waals surface area contributed by atoms with Crippen molar-refractivity contribution in [2.24, 2.45) is 0 Å². The predicted molar refractivity (Wildman–Crippen MR) is 47.2 cm³/mol. The summed E-state index contributed by atoms with van der Waals surface area (Å²) in [6.07, 6.45) is 1.85. The van der Waals surface area contributed by atoms with Crippen molar-refractivity contribution in [3.63, 3.8) is 0 Å². The van der Waals surface area contributed by atoms with E-state index >= 15 is 0 Å². The van der Waals surface area contributed by atoms with E-state index in [1.165, 1.54) is 0 Å². The zero-order valence-corrected chi connectivity index (χ0v) is 8.24. The molecule has 0 fully saturated rings. The maximum atomic E-state index is 12.4. The fourth-order valence-electron chi connectivity index (χ4n) is 0.741. The molecule has 1 aromatic rings. The highest BCUT2D eigenvalue weighted by Gasteiger charge is 2.19. The Bertz CT molecular complexity index is 330. The zero-order chi connectivity index (χ0) is 10.8. The molecule has 0 unspecified atom stereocenters. The van der Waals surface area contributed by atoms with Crippen LogP contribution in [0.5, 0.6) is 0 Å². The molecule has 4 nitrogen and oxygen atoms in total. The van der Waals surface area contributed by atoms with E-state index in [9.17, 15) is 9.18 Å². The second-order valence-corrected chi connectivity index (χ2v) is 3.73. The van der Waals surface area contributed by atoms with Crippen molar-refractivity contribution in [1.29, 1.82) is 0 Å². The van der Waals surface area contributed by atoms with Gasteiger partial charge in [-0.05, 0) is 20.8 Å². The van der Waals surface area contributed by atoms with E-state index in [0.717, 1.165) is 12.4 Å². The number of esters is 1. The fraction of sp³-hybridized carbons (Fsp3) is 0.444. The first-order valence-electron chi connectivity index (χ1n) is 4.09. The zero-order valence-electron chi connectivity index (χ0n) is 8.24. The van der Waals surface area contributed by atoms with Gasteiger partial charge in [-0.25, -0.2) is 19.2 Å². The molecule has 0 radical (unpaired) electrons. The smallest absolute Gasteiger partial charge is 0.376 e. The topological polar surface area (TPSA) is 52.1 Å². The van der Waals surface area contributed by atoms with Crippen LogP contribution in [-0.2, 0) is 4.74 Å². The molecule has 0 bridgehead atoms. The van der Waals surface area contributed by atoms with E-state index in [1.54, 1.807) is 20.8 Å². The Balaban J connectivity index is 2.76. The Morgan fingerprint density at radius 3 is 2.29 bits per heavy atom. The van der Waals surface area contributed by atoms with Crippen LogP contribution >= 0.6 is 0 Å². The molecule has 0 saturated carbocycles. The quantitative estimate of drug-likeness (QED) is 0.643. The molecule has 14 heavy (non-hydrogen) atoms. The van der Waals surface area contributed by atoms with E-state index in [0.29, 0.717) is 0 Å². The first-order chi connectivity index (χ1) is 6.38. The van der Waals surface area contributed by atoms with Crippen molar-refractivity contribution in [3.8, 4) is 0 Å². The lowest BCUT2D eigenvalue weighted by molar-refractivity contribution is 0.00553. The standard InChI is InChI=1S/C9H11FN2O2/c1-9(2,3)14-8(13)7-11-4-6(10)5-12-7/h4-5H,1-3H3. The number of carbonyl (C=O) groups excluding carboxylic acids is 1. The van der Waals surface area contributed by atoms with Gasteiger partial charge in [0.05, 0.1) is 12.4 Å². The van der Waals surface area contributed by atoms with Gasteiger partial charge in [0.15, 0.2) is 5.82 Å². The highest BCUT2D eigenvalue weighted by Crippen LogP contribution is 2.09. The Hall–Kier alpha value is -1.52. The summed E-state index contributed by atoms with van der Waals surface area (Å²) >= 11 is 0. The van der Waals surface area contributed by atoms with Gasteiger partial charge in [-0.1, -0.05) is 0 Å². The third-order valence-corrected chi connectivity index (χ3v) is 1.20. The minimum Gasteiger partial charge on any atom is -0.454 e. The molecule has 1 rings (SSSR count). The summed E-state index contributed by atoms with van der Waals surface area (Å²) in [7, 11) is 0. The summed E-state index contributed by atoms with van der Waals surface area (Å²) in [4.78, 5) is 18.3. The maximum absolute atomic E-state index is 12.4. The van der Waals surface area contributed by atoms with Gasteiger partial charge in [0, 0.05) is 0 Å². The Kier molecular flexibility index (Phi) is 2.78. The average Bonchev–Trinajstić information content (AvgIpc) is 2.02. The fourth-order valence-corrected chi connectivity index (χ4v) is 0.741. The summed E-state index contributed by atoms with van der Waals surface area (Å²) in [5.74, 6) is -1.38. The lowest BCUT2D eigenvalue weighted by Gasteiger charge is -2.18. The second kappa shape index (κ2) is 3.69. The number of aromatic nitrogens is 2. The molecular weight excluding hydrogens is 187 g/mol. The normalized spacial score (nSPS) is 11.1. The van der Waals surface area contributed by atoms with E-state index in [1.807, 2.05) is 0 Å². The van der Waals surface area contributed by atoms with Crippen molar-refractivity contribution < 1.29 is 13.9 Å². The van der Waals surface area contributed by atoms with Crippen molar-refractivity contribution in [2.45, 2.75) is 26.4 Å². The lowest BCUT2D eigenvalue weighted by Crippen LogP contribution is -2.25. The highest BCUT2D eigenvalue weighted by molar-refractivity contribution is 5.85. The van der Waals surface area contributed by atoms with Crippen LogP contribution in [0.25, 0.3) is 0 Å². The van der Waals surface area contributed by atoms with Gasteiger partial charge in [-0.2, -0.15) is 0 Å². The summed E-state index contributed by atoms with van der Waals surface area (Å²) in [6, 6.07) is 0. The van der Waals surface area contributed by atoms with Gasteiger partial charge in [-0.15, -0.1) is 0 Å². The summed E-state index contributed by atoms with van der Waals surface area (Å²) in [5.41, 5.74) is -0.602. The molecule has 0 saturated heterocycles. The summed E-state index contributed by atoms with van der Waals surface area (Å²) in [6.45, 7) is 5.19. The van der Waals surface area contributed by atoms with Crippen LogP contribution in [0.15, 0.2) is 12.4 Å². The van der Waals surface area contributed by atoms with E-state index in [-0.39, 0.29) is 5.82 Å². The minimum atomic E-state index is -0.655. The van der Waals surface area contributed by atoms with Crippen LogP contribution in [0.3, 0.4) is 0 Å². The van der Waals surface area contributed by atoms with Crippen LogP contribution in [0.1, 0.15) is 31.4 Å². The monoisotopic (exact) mass is 198 g/mol. The van der Waals surface area contributed by atoms with Crippen molar-refractivity contribution in [3.05, 3.63) is 24.0 Å². The number of ether oxygens (including phenoxy) is 1. The first kappa shape index (κ1) is 10.6. The molecule has 0 aliphatic heterocycles. The van der Waals surface area contributed by atoms with E-state index < -0.39 is 17.4 Å². The Morgan fingerprint density at radius 2 is 1.86 bits per heavy atom. The number of halogens is 1. The lowest BCUT2D eigenvalue weighted by atomic mass is 10.2. The highest BCUT2D eigenvalue weighted by atomic mass is 19.1. The molecule has 0 amide bonds. The minimum absolute atomic E-state index is 0.138. The number of nitrogens with zero attached hydrogens (tertiary/aromatic N) is 2. The SMILES string of the molecule is CC(C)(C)OC(=O)c1ncc(F)cn1. The largest absolute Gasteiger partial charge is 0.454 e. The molecular formula is C9H11FN2O2. The van der Waals surface area contributed by atoms with E-state index in [4.69, 9.17) is 4.74 Å². The molecule has 0 aromatic carbocycles. The van der Waals surface area contributed by atoms with Crippen molar-refractivity contribution in [1.82, 2.24) is 9.97 Å². The van der Waals surface area contributed by atoms with Crippen LogP contribution in [0.4, 0.5) is 4.39 Å². The number of rotatable bonds is 1. The van der Waals surface area contributed by atoms with Gasteiger partial charge in [0.1, 0.15) is 5.60 Å². The van der Waals surface area contributed by atoms with Gasteiger partial charge in [-0.3, -0.25) is 0 Å². The van der Waals surface area contributed by atoms with Crippen molar-refractivity contribution in [2.75, 3.05) is 0 Å². The average molecular weight is 198 g/mol. The molecule has 1 aromatic heterocycles. The predicted octanol–water partition coefficient (Wildman–Crippen LogP) is 1.57. The molecule has 0 aliphatic carbocycles. The maximum Gasteiger partial charge on any atom is 0.376 e. The molecule has 0 spiro atoms. The molecule has 0 N–H and O–H groups in total. The molecule has 76 valence electrons. The van der Waals surface area contributed by atoms with Gasteiger partial charge in [0.25, 0.3) is 0 Å². The summed E-state index contributed by atoms with van der Waals surface area (Å²) in [5, 5.41) is 0. The number of hydrogen-bond donors (Lipinski definition) is 0. The van der Waals surface area contributed by atoms with Gasteiger partial charge >= 0.3 is 5.97 Å².